The molecule has 0 unspecified atom stereocenters. The number of hydrogen-bond donors (Lipinski definition) is 1. The van der Waals surface area contributed by atoms with Crippen molar-refractivity contribution in [2.45, 2.75) is 19.3 Å². The highest BCUT2D eigenvalue weighted by atomic mass is 16.5. The molecule has 170 valence electrons. The molecule has 0 saturated carbocycles. The lowest BCUT2D eigenvalue weighted by atomic mass is 9.96. The minimum Gasteiger partial charge on any atom is -0.484 e. The Morgan fingerprint density at radius 1 is 0.818 bits per heavy atom. The Kier molecular flexibility index (Phi) is 7.75. The lowest BCUT2D eigenvalue weighted by Crippen LogP contribution is -2.43. The molecule has 1 heterocycles. The molecule has 1 aliphatic heterocycles. The first kappa shape index (κ1) is 22.6. The van der Waals surface area contributed by atoms with Gasteiger partial charge in [-0.25, -0.2) is 0 Å². The summed E-state index contributed by atoms with van der Waals surface area (Å²) in [5, 5.41) is 3.07. The third kappa shape index (κ3) is 6.69. The van der Waals surface area contributed by atoms with E-state index < -0.39 is 0 Å². The molecule has 0 bridgehead atoms. The molecule has 1 aliphatic rings. The molecule has 0 aromatic heterocycles. The van der Waals surface area contributed by atoms with Gasteiger partial charge in [-0.3, -0.25) is 9.59 Å². The van der Waals surface area contributed by atoms with Crippen LogP contribution < -0.4 is 10.1 Å². The van der Waals surface area contributed by atoms with Crippen molar-refractivity contribution < 1.29 is 14.3 Å². The van der Waals surface area contributed by atoms with E-state index in [4.69, 9.17) is 4.74 Å². The number of piperidine rings is 1. The summed E-state index contributed by atoms with van der Waals surface area (Å²) in [6.45, 7) is 2.13. The van der Waals surface area contributed by atoms with Gasteiger partial charge in [-0.15, -0.1) is 0 Å². The molecule has 2 amide bonds. The van der Waals surface area contributed by atoms with Gasteiger partial charge in [0.05, 0.1) is 6.42 Å². The van der Waals surface area contributed by atoms with Gasteiger partial charge in [0.25, 0.3) is 5.91 Å². The van der Waals surface area contributed by atoms with Gasteiger partial charge in [0.2, 0.25) is 5.91 Å². The highest BCUT2D eigenvalue weighted by molar-refractivity contribution is 5.79. The Bertz CT molecular complexity index is 1030. The molecule has 0 atom stereocenters. The number of carbonyl (C=O) groups excluding carboxylic acids is 2. The van der Waals surface area contributed by atoms with Crippen LogP contribution in [0.4, 0.5) is 0 Å². The number of para-hydroxylation sites is 1. The van der Waals surface area contributed by atoms with Gasteiger partial charge in [0.1, 0.15) is 5.75 Å². The lowest BCUT2D eigenvalue weighted by molar-refractivity contribution is -0.135. The van der Waals surface area contributed by atoms with E-state index in [1.807, 2.05) is 65.6 Å². The molecule has 4 rings (SSSR count). The van der Waals surface area contributed by atoms with E-state index in [0.29, 0.717) is 37.7 Å². The second-order valence-corrected chi connectivity index (χ2v) is 8.47. The molecule has 3 aromatic carbocycles. The molecule has 0 aliphatic carbocycles. The van der Waals surface area contributed by atoms with E-state index in [9.17, 15) is 9.59 Å². The highest BCUT2D eigenvalue weighted by Gasteiger charge is 2.23. The van der Waals surface area contributed by atoms with Gasteiger partial charge in [0, 0.05) is 19.6 Å². The fourth-order valence-corrected chi connectivity index (χ4v) is 4.09. The topological polar surface area (TPSA) is 58.6 Å². The third-order valence-electron chi connectivity index (χ3n) is 6.09. The van der Waals surface area contributed by atoms with E-state index in [2.05, 4.69) is 29.6 Å². The van der Waals surface area contributed by atoms with Crippen molar-refractivity contribution in [1.82, 2.24) is 10.2 Å². The van der Waals surface area contributed by atoms with E-state index in [-0.39, 0.29) is 18.4 Å². The van der Waals surface area contributed by atoms with Crippen molar-refractivity contribution in [2.75, 3.05) is 26.2 Å². The number of ether oxygens (including phenoxy) is 1. The van der Waals surface area contributed by atoms with Crippen molar-refractivity contribution in [3.05, 3.63) is 90.5 Å². The zero-order valence-corrected chi connectivity index (χ0v) is 18.8. The fourth-order valence-electron chi connectivity index (χ4n) is 4.09. The van der Waals surface area contributed by atoms with Crippen LogP contribution in [0.5, 0.6) is 5.75 Å². The standard InChI is InChI=1S/C28H30N2O3/c31-27(19-22-11-13-25(14-12-22)24-7-3-1-4-8-24)29-20-23-15-17-30(18-16-23)28(32)21-33-26-9-5-2-6-10-26/h1-14,23H,15-21H2,(H,29,31). The van der Waals surface area contributed by atoms with Crippen molar-refractivity contribution in [2.24, 2.45) is 5.92 Å². The average molecular weight is 443 g/mol. The first-order valence-corrected chi connectivity index (χ1v) is 11.5. The number of amides is 2. The summed E-state index contributed by atoms with van der Waals surface area (Å²) in [6.07, 6.45) is 2.16. The smallest absolute Gasteiger partial charge is 0.260 e. The van der Waals surface area contributed by atoms with Crippen LogP contribution in [-0.4, -0.2) is 43.0 Å². The SMILES string of the molecule is O=C(Cc1ccc(-c2ccccc2)cc1)NCC1CCN(C(=O)COc2ccccc2)CC1. The molecule has 1 saturated heterocycles. The Morgan fingerprint density at radius 3 is 2.09 bits per heavy atom. The summed E-state index contributed by atoms with van der Waals surface area (Å²) >= 11 is 0. The molecule has 33 heavy (non-hydrogen) atoms. The van der Waals surface area contributed by atoms with E-state index in [1.54, 1.807) is 0 Å². The number of nitrogens with one attached hydrogen (secondary N) is 1. The molecular weight excluding hydrogens is 412 g/mol. The van der Waals surface area contributed by atoms with Gasteiger partial charge < -0.3 is 15.0 Å². The number of hydrogen-bond acceptors (Lipinski definition) is 3. The summed E-state index contributed by atoms with van der Waals surface area (Å²) in [7, 11) is 0. The minimum atomic E-state index is 0.0142. The summed E-state index contributed by atoms with van der Waals surface area (Å²) in [4.78, 5) is 26.7. The number of rotatable bonds is 8. The number of nitrogens with zero attached hydrogens (tertiary/aromatic N) is 1. The normalized spacial score (nSPS) is 14.0. The molecule has 3 aromatic rings. The molecule has 5 heteroatoms. The average Bonchev–Trinajstić information content (AvgIpc) is 2.88. The Labute approximate surface area is 195 Å². The molecule has 1 N–H and O–H groups in total. The van der Waals surface area contributed by atoms with Crippen LogP contribution in [0.1, 0.15) is 18.4 Å². The van der Waals surface area contributed by atoms with E-state index in [0.717, 1.165) is 24.0 Å². The van der Waals surface area contributed by atoms with Crippen molar-refractivity contribution in [3.63, 3.8) is 0 Å². The van der Waals surface area contributed by atoms with Crippen molar-refractivity contribution in [3.8, 4) is 16.9 Å². The van der Waals surface area contributed by atoms with Crippen molar-refractivity contribution in [1.29, 1.82) is 0 Å². The first-order chi connectivity index (χ1) is 16.2. The molecular formula is C28H30N2O3. The van der Waals surface area contributed by atoms with Gasteiger partial charge in [0.15, 0.2) is 6.61 Å². The van der Waals surface area contributed by atoms with E-state index in [1.165, 1.54) is 5.56 Å². The zero-order chi connectivity index (χ0) is 22.9. The predicted octanol–water partition coefficient (Wildman–Crippen LogP) is 4.33. The summed E-state index contributed by atoms with van der Waals surface area (Å²) in [5.74, 6) is 1.16. The maximum absolute atomic E-state index is 12.4. The largest absolute Gasteiger partial charge is 0.484 e. The summed E-state index contributed by atoms with van der Waals surface area (Å²) in [5.41, 5.74) is 3.33. The first-order valence-electron chi connectivity index (χ1n) is 11.5. The molecule has 5 nitrogen and oxygen atoms in total. The Hall–Kier alpha value is -3.60. The monoisotopic (exact) mass is 442 g/mol. The summed E-state index contributed by atoms with van der Waals surface area (Å²) < 4.78 is 5.57. The van der Waals surface area contributed by atoms with Crippen LogP contribution in [0.15, 0.2) is 84.9 Å². The number of benzene rings is 3. The van der Waals surface area contributed by atoms with Crippen LogP contribution in [0, 0.1) is 5.92 Å². The fraction of sp³-hybridized carbons (Fsp3) is 0.286. The van der Waals surface area contributed by atoms with Crippen LogP contribution in [0.2, 0.25) is 0 Å². The Morgan fingerprint density at radius 2 is 1.42 bits per heavy atom. The van der Waals surface area contributed by atoms with E-state index >= 15 is 0 Å². The van der Waals surface area contributed by atoms with Crippen LogP contribution in [0.25, 0.3) is 11.1 Å². The minimum absolute atomic E-state index is 0.0142. The van der Waals surface area contributed by atoms with Gasteiger partial charge in [-0.1, -0.05) is 72.8 Å². The second kappa shape index (κ2) is 11.3. The Balaban J connectivity index is 1.15. The predicted molar refractivity (Wildman–Crippen MR) is 130 cm³/mol. The second-order valence-electron chi connectivity index (χ2n) is 8.47. The quantitative estimate of drug-likeness (QED) is 0.565. The maximum Gasteiger partial charge on any atom is 0.260 e. The van der Waals surface area contributed by atoms with Crippen molar-refractivity contribution >= 4 is 11.8 Å². The lowest BCUT2D eigenvalue weighted by Gasteiger charge is -2.32. The van der Waals surface area contributed by atoms with Gasteiger partial charge in [-0.2, -0.15) is 0 Å². The number of likely N-dealkylation sites (tertiary alicyclic amines) is 1. The molecule has 0 spiro atoms. The third-order valence-corrected chi connectivity index (χ3v) is 6.09. The molecule has 1 fully saturated rings. The molecule has 0 radical (unpaired) electrons. The van der Waals surface area contributed by atoms with Gasteiger partial charge >= 0.3 is 0 Å². The van der Waals surface area contributed by atoms with Crippen LogP contribution in [-0.2, 0) is 16.0 Å². The van der Waals surface area contributed by atoms with Gasteiger partial charge in [-0.05, 0) is 47.6 Å². The van der Waals surface area contributed by atoms with Crippen LogP contribution in [0.3, 0.4) is 0 Å². The zero-order valence-electron chi connectivity index (χ0n) is 18.8. The summed E-state index contributed by atoms with van der Waals surface area (Å²) in [6, 6.07) is 27.8. The number of carbonyl (C=O) groups is 2. The highest BCUT2D eigenvalue weighted by Crippen LogP contribution is 2.20. The van der Waals surface area contributed by atoms with Crippen LogP contribution >= 0.6 is 0 Å². The maximum atomic E-state index is 12.4.